The number of amides is 1. The maximum atomic E-state index is 12.7. The van der Waals surface area contributed by atoms with E-state index < -0.39 is 0 Å². The largest absolute Gasteiger partial charge is 0.336 e. The molecule has 0 unspecified atom stereocenters. The van der Waals surface area contributed by atoms with E-state index in [0.29, 0.717) is 18.2 Å². The van der Waals surface area contributed by atoms with Crippen LogP contribution in [0.15, 0.2) is 11.4 Å². The predicted octanol–water partition coefficient (Wildman–Crippen LogP) is 2.31. The molecule has 1 aliphatic rings. The van der Waals surface area contributed by atoms with Crippen molar-refractivity contribution in [1.29, 1.82) is 0 Å². The molecule has 0 saturated carbocycles. The Labute approximate surface area is 152 Å². The van der Waals surface area contributed by atoms with E-state index in [1.54, 1.807) is 16.0 Å². The van der Waals surface area contributed by atoms with Gasteiger partial charge in [-0.25, -0.2) is 9.67 Å². The first-order valence-electron chi connectivity index (χ1n) is 7.95. The number of aryl methyl sites for hydroxylation is 1. The van der Waals surface area contributed by atoms with Gasteiger partial charge in [0.05, 0.1) is 6.04 Å². The van der Waals surface area contributed by atoms with Gasteiger partial charge in [-0.05, 0) is 36.3 Å². The molecule has 1 amide bonds. The zero-order valence-electron chi connectivity index (χ0n) is 14.2. The number of halogens is 1. The highest BCUT2D eigenvalue weighted by molar-refractivity contribution is 7.10. The van der Waals surface area contributed by atoms with Crippen LogP contribution in [0.1, 0.15) is 42.0 Å². The molecule has 0 bridgehead atoms. The number of carbonyl (C=O) groups excluding carboxylic acids is 1. The maximum Gasteiger partial charge on any atom is 0.244 e. The van der Waals surface area contributed by atoms with Gasteiger partial charge < -0.3 is 10.6 Å². The van der Waals surface area contributed by atoms with E-state index in [0.717, 1.165) is 13.0 Å². The van der Waals surface area contributed by atoms with Crippen LogP contribution < -0.4 is 5.73 Å². The number of thiophene rings is 1. The van der Waals surface area contributed by atoms with Crippen molar-refractivity contribution in [2.24, 2.45) is 11.7 Å². The topological polar surface area (TPSA) is 77.0 Å². The Morgan fingerprint density at radius 3 is 2.92 bits per heavy atom. The summed E-state index contributed by atoms with van der Waals surface area (Å²) in [5.41, 5.74) is 7.48. The summed E-state index contributed by atoms with van der Waals surface area (Å²) in [6.45, 7) is 7.59. The number of aromatic nitrogens is 3. The molecule has 6 nitrogen and oxygen atoms in total. The van der Waals surface area contributed by atoms with Gasteiger partial charge in [0.2, 0.25) is 5.91 Å². The maximum absolute atomic E-state index is 12.7. The molecule has 132 valence electrons. The number of nitrogens with zero attached hydrogens (tertiary/aromatic N) is 4. The third kappa shape index (κ3) is 3.79. The average Bonchev–Trinajstić information content (AvgIpc) is 3.11. The number of hydrogen-bond donors (Lipinski definition) is 1. The highest BCUT2D eigenvalue weighted by atomic mass is 35.5. The Bertz CT molecular complexity index is 711. The van der Waals surface area contributed by atoms with Gasteiger partial charge in [-0.1, -0.05) is 13.8 Å². The molecule has 0 aromatic carbocycles. The molecule has 0 fully saturated rings. The molecule has 3 heterocycles. The lowest BCUT2D eigenvalue weighted by Crippen LogP contribution is -2.38. The van der Waals surface area contributed by atoms with Gasteiger partial charge in [0.1, 0.15) is 18.2 Å². The van der Waals surface area contributed by atoms with Crippen LogP contribution in [0, 0.1) is 12.8 Å². The van der Waals surface area contributed by atoms with Gasteiger partial charge in [-0.3, -0.25) is 4.79 Å². The average molecular weight is 370 g/mol. The van der Waals surface area contributed by atoms with Crippen LogP contribution in [0.25, 0.3) is 0 Å². The van der Waals surface area contributed by atoms with Crippen LogP contribution in [0.2, 0.25) is 0 Å². The molecule has 24 heavy (non-hydrogen) atoms. The highest BCUT2D eigenvalue weighted by Gasteiger charge is 2.24. The SMILES string of the molecule is Cc1nc([C@@H](N)C(C)C)n(CC(=O)N2CCc3sccc3C2)n1.Cl. The molecular weight excluding hydrogens is 346 g/mol. The van der Waals surface area contributed by atoms with E-state index in [2.05, 4.69) is 21.5 Å². The smallest absolute Gasteiger partial charge is 0.244 e. The summed E-state index contributed by atoms with van der Waals surface area (Å²) in [4.78, 5) is 20.4. The van der Waals surface area contributed by atoms with Gasteiger partial charge in [-0.15, -0.1) is 23.7 Å². The molecule has 3 rings (SSSR count). The fourth-order valence-electron chi connectivity index (χ4n) is 2.82. The second-order valence-corrected chi connectivity index (χ2v) is 7.38. The van der Waals surface area contributed by atoms with Crippen LogP contribution in [0.3, 0.4) is 0 Å². The second kappa shape index (κ2) is 7.63. The van der Waals surface area contributed by atoms with Crippen molar-refractivity contribution >= 4 is 29.7 Å². The van der Waals surface area contributed by atoms with Crippen molar-refractivity contribution in [3.8, 4) is 0 Å². The standard InChI is InChI=1S/C16H23N5OS.ClH/c1-10(2)15(17)16-18-11(3)19-21(16)9-14(22)20-6-4-13-12(8-20)5-7-23-13;/h5,7,10,15H,4,6,8-9,17H2,1-3H3;1H/t15-;/m0./s1. The lowest BCUT2D eigenvalue weighted by molar-refractivity contribution is -0.133. The van der Waals surface area contributed by atoms with E-state index in [4.69, 9.17) is 5.73 Å². The summed E-state index contributed by atoms with van der Waals surface area (Å²) in [6, 6.07) is 1.90. The van der Waals surface area contributed by atoms with Crippen LogP contribution in [-0.4, -0.2) is 32.1 Å². The zero-order valence-corrected chi connectivity index (χ0v) is 15.9. The van der Waals surface area contributed by atoms with Gasteiger partial charge in [-0.2, -0.15) is 5.10 Å². The minimum atomic E-state index is -0.214. The number of fused-ring (bicyclic) bond motifs is 1. The normalized spacial score (nSPS) is 15.1. The summed E-state index contributed by atoms with van der Waals surface area (Å²) < 4.78 is 1.67. The number of rotatable bonds is 4. The van der Waals surface area contributed by atoms with Gasteiger partial charge in [0, 0.05) is 18.0 Å². The molecule has 8 heteroatoms. The van der Waals surface area contributed by atoms with Crippen molar-refractivity contribution in [2.75, 3.05) is 6.54 Å². The predicted molar refractivity (Wildman–Crippen MR) is 97.2 cm³/mol. The third-order valence-electron chi connectivity index (χ3n) is 4.27. The fourth-order valence-corrected chi connectivity index (χ4v) is 3.71. The first-order chi connectivity index (χ1) is 11.0. The first kappa shape index (κ1) is 18.9. The quantitative estimate of drug-likeness (QED) is 0.897. The monoisotopic (exact) mass is 369 g/mol. The van der Waals surface area contributed by atoms with Gasteiger partial charge >= 0.3 is 0 Å². The van der Waals surface area contributed by atoms with Crippen molar-refractivity contribution in [3.63, 3.8) is 0 Å². The van der Waals surface area contributed by atoms with E-state index in [9.17, 15) is 4.79 Å². The van der Waals surface area contributed by atoms with E-state index >= 15 is 0 Å². The molecule has 0 aliphatic carbocycles. The highest BCUT2D eigenvalue weighted by Crippen LogP contribution is 2.24. The van der Waals surface area contributed by atoms with E-state index in [1.807, 2.05) is 25.7 Å². The molecule has 2 aromatic rings. The molecule has 2 N–H and O–H groups in total. The summed E-state index contributed by atoms with van der Waals surface area (Å²) in [6.07, 6.45) is 0.938. The summed E-state index contributed by atoms with van der Waals surface area (Å²) in [5.74, 6) is 1.67. The van der Waals surface area contributed by atoms with Crippen molar-refractivity contribution in [1.82, 2.24) is 19.7 Å². The molecule has 2 aromatic heterocycles. The summed E-state index contributed by atoms with van der Waals surface area (Å²) in [5, 5.41) is 6.46. The summed E-state index contributed by atoms with van der Waals surface area (Å²) >= 11 is 1.77. The number of hydrogen-bond acceptors (Lipinski definition) is 5. The zero-order chi connectivity index (χ0) is 16.6. The van der Waals surface area contributed by atoms with Gasteiger partial charge in [0.15, 0.2) is 0 Å². The molecule has 0 spiro atoms. The van der Waals surface area contributed by atoms with Crippen LogP contribution in [0.4, 0.5) is 0 Å². The summed E-state index contributed by atoms with van der Waals surface area (Å²) in [7, 11) is 0. The number of nitrogens with two attached hydrogens (primary N) is 1. The fraction of sp³-hybridized carbons (Fsp3) is 0.562. The van der Waals surface area contributed by atoms with Crippen LogP contribution in [0.5, 0.6) is 0 Å². The van der Waals surface area contributed by atoms with Crippen molar-refractivity contribution in [2.45, 2.75) is 46.3 Å². The Hall–Kier alpha value is -1.44. The molecule has 0 radical (unpaired) electrons. The number of carbonyl (C=O) groups is 1. The van der Waals surface area contributed by atoms with Crippen molar-refractivity contribution in [3.05, 3.63) is 33.5 Å². The van der Waals surface area contributed by atoms with E-state index in [1.165, 1.54) is 10.4 Å². The minimum Gasteiger partial charge on any atom is -0.336 e. The Balaban J connectivity index is 0.00000208. The Kier molecular flexibility index (Phi) is 6.01. The first-order valence-corrected chi connectivity index (χ1v) is 8.83. The molecular formula is C16H24ClN5OS. The van der Waals surface area contributed by atoms with Gasteiger partial charge in [0.25, 0.3) is 0 Å². The Morgan fingerprint density at radius 2 is 2.21 bits per heavy atom. The molecule has 1 aliphatic heterocycles. The van der Waals surface area contributed by atoms with Crippen LogP contribution >= 0.6 is 23.7 Å². The van der Waals surface area contributed by atoms with Crippen molar-refractivity contribution < 1.29 is 4.79 Å². The third-order valence-corrected chi connectivity index (χ3v) is 5.29. The molecule has 1 atom stereocenters. The van der Waals surface area contributed by atoms with E-state index in [-0.39, 0.29) is 36.8 Å². The lowest BCUT2D eigenvalue weighted by atomic mass is 10.1. The second-order valence-electron chi connectivity index (χ2n) is 6.38. The molecule has 0 saturated heterocycles. The minimum absolute atomic E-state index is 0. The lowest BCUT2D eigenvalue weighted by Gasteiger charge is -2.27. The van der Waals surface area contributed by atoms with Crippen LogP contribution in [-0.2, 0) is 24.3 Å². The Morgan fingerprint density at radius 1 is 1.46 bits per heavy atom.